The molecule has 0 amide bonds. The topological polar surface area (TPSA) is 0 Å². The van der Waals surface area contributed by atoms with E-state index in [0.29, 0.717) is 6.42 Å². The van der Waals surface area contributed by atoms with Gasteiger partial charge >= 0.3 is 0 Å². The minimum atomic E-state index is -2.84. The fourth-order valence-electron chi connectivity index (χ4n) is 1.50. The van der Waals surface area contributed by atoms with Crippen LogP contribution >= 0.6 is 0 Å². The first kappa shape index (κ1) is 8.81. The lowest BCUT2D eigenvalue weighted by atomic mass is 10.0. The Hall–Kier alpha value is -0.280. The zero-order valence-electron chi connectivity index (χ0n) is 5.99. The lowest BCUT2D eigenvalue weighted by Gasteiger charge is -2.17. The summed E-state index contributed by atoms with van der Waals surface area (Å²) >= 11 is 0. The number of rotatable bonds is 2. The van der Waals surface area contributed by atoms with Crippen LogP contribution in [0.1, 0.15) is 25.7 Å². The molecule has 0 aliphatic heterocycles. The molecule has 1 unspecified atom stereocenters. The molecule has 0 heterocycles. The van der Waals surface area contributed by atoms with E-state index in [1.165, 1.54) is 0 Å². The third kappa shape index (κ3) is 2.07. The molecule has 0 aromatic heterocycles. The lowest BCUT2D eigenvalue weighted by molar-refractivity contribution is -0.0566. The van der Waals surface area contributed by atoms with Gasteiger partial charge in [-0.25, -0.2) is 17.6 Å². The first-order valence-electron chi connectivity index (χ1n) is 3.68. The van der Waals surface area contributed by atoms with E-state index in [2.05, 4.69) is 0 Å². The number of alkyl halides is 4. The molecule has 1 rings (SSSR count). The predicted molar refractivity (Wildman–Crippen MR) is 32.9 cm³/mol. The SMILES string of the molecule is FC(F)CC1CCCC1(F)F. The van der Waals surface area contributed by atoms with Crippen molar-refractivity contribution in [2.45, 2.75) is 38.0 Å². The summed E-state index contributed by atoms with van der Waals surface area (Å²) in [7, 11) is 0. The molecular weight excluding hydrogens is 160 g/mol. The molecule has 0 radical (unpaired) electrons. The van der Waals surface area contributed by atoms with Gasteiger partial charge in [-0.15, -0.1) is 0 Å². The van der Waals surface area contributed by atoms with Crippen molar-refractivity contribution in [3.8, 4) is 0 Å². The highest BCUT2D eigenvalue weighted by atomic mass is 19.3. The van der Waals surface area contributed by atoms with E-state index in [9.17, 15) is 17.6 Å². The molecule has 0 aromatic carbocycles. The van der Waals surface area contributed by atoms with Gasteiger partial charge in [0.25, 0.3) is 5.92 Å². The van der Waals surface area contributed by atoms with E-state index >= 15 is 0 Å². The van der Waals surface area contributed by atoms with E-state index in [1.807, 2.05) is 0 Å². The Kier molecular flexibility index (Phi) is 2.40. The Labute approximate surface area is 62.6 Å². The Morgan fingerprint density at radius 1 is 1.36 bits per heavy atom. The van der Waals surface area contributed by atoms with Gasteiger partial charge in [-0.3, -0.25) is 0 Å². The van der Waals surface area contributed by atoms with Gasteiger partial charge in [0.1, 0.15) is 0 Å². The highest BCUT2D eigenvalue weighted by molar-refractivity contribution is 4.84. The van der Waals surface area contributed by atoms with Crippen LogP contribution in [-0.2, 0) is 0 Å². The van der Waals surface area contributed by atoms with E-state index < -0.39 is 24.7 Å². The number of hydrogen-bond acceptors (Lipinski definition) is 0. The van der Waals surface area contributed by atoms with Gasteiger partial charge < -0.3 is 0 Å². The zero-order valence-corrected chi connectivity index (χ0v) is 5.99. The van der Waals surface area contributed by atoms with Crippen molar-refractivity contribution in [2.75, 3.05) is 0 Å². The Morgan fingerprint density at radius 3 is 2.36 bits per heavy atom. The lowest BCUT2D eigenvalue weighted by Crippen LogP contribution is -2.23. The smallest absolute Gasteiger partial charge is 0.211 e. The van der Waals surface area contributed by atoms with Crippen LogP contribution < -0.4 is 0 Å². The summed E-state index contributed by atoms with van der Waals surface area (Å²) in [6.07, 6.45) is -2.83. The van der Waals surface area contributed by atoms with Crippen LogP contribution in [0.25, 0.3) is 0 Å². The summed E-state index contributed by atoms with van der Waals surface area (Å²) in [4.78, 5) is 0. The minimum absolute atomic E-state index is 0.218. The third-order valence-electron chi connectivity index (χ3n) is 2.12. The van der Waals surface area contributed by atoms with Gasteiger partial charge in [0.15, 0.2) is 0 Å². The molecule has 1 aliphatic rings. The van der Waals surface area contributed by atoms with E-state index in [-0.39, 0.29) is 12.8 Å². The third-order valence-corrected chi connectivity index (χ3v) is 2.12. The Morgan fingerprint density at radius 2 is 2.00 bits per heavy atom. The highest BCUT2D eigenvalue weighted by Crippen LogP contribution is 2.43. The molecule has 11 heavy (non-hydrogen) atoms. The molecule has 0 spiro atoms. The molecule has 1 saturated carbocycles. The van der Waals surface area contributed by atoms with Crippen LogP contribution in [0.5, 0.6) is 0 Å². The van der Waals surface area contributed by atoms with E-state index in [0.717, 1.165) is 0 Å². The molecule has 0 aromatic rings. The van der Waals surface area contributed by atoms with Crippen LogP contribution in [-0.4, -0.2) is 12.3 Å². The van der Waals surface area contributed by atoms with Crippen molar-refractivity contribution < 1.29 is 17.6 Å². The van der Waals surface area contributed by atoms with Crippen molar-refractivity contribution in [1.29, 1.82) is 0 Å². The molecule has 1 fully saturated rings. The Balaban J connectivity index is 2.45. The van der Waals surface area contributed by atoms with Crippen molar-refractivity contribution in [3.63, 3.8) is 0 Å². The van der Waals surface area contributed by atoms with E-state index in [1.54, 1.807) is 0 Å². The summed E-state index contributed by atoms with van der Waals surface area (Å²) in [6.45, 7) is 0. The fraction of sp³-hybridized carbons (Fsp3) is 1.00. The van der Waals surface area contributed by atoms with Crippen molar-refractivity contribution in [1.82, 2.24) is 0 Å². The number of hydrogen-bond donors (Lipinski definition) is 0. The predicted octanol–water partition coefficient (Wildman–Crippen LogP) is 3.08. The van der Waals surface area contributed by atoms with Crippen LogP contribution in [0.3, 0.4) is 0 Å². The summed E-state index contributed by atoms with van der Waals surface area (Å²) in [5, 5.41) is 0. The van der Waals surface area contributed by atoms with Gasteiger partial charge in [-0.2, -0.15) is 0 Å². The number of halogens is 4. The van der Waals surface area contributed by atoms with Gasteiger partial charge in [-0.1, -0.05) is 0 Å². The molecular formula is C7H10F4. The summed E-state index contributed by atoms with van der Waals surface area (Å²) in [6, 6.07) is 0. The average molecular weight is 170 g/mol. The van der Waals surface area contributed by atoms with Crippen LogP contribution in [0.4, 0.5) is 17.6 Å². The summed E-state index contributed by atoms with van der Waals surface area (Å²) in [5.41, 5.74) is 0. The molecule has 1 atom stereocenters. The first-order chi connectivity index (χ1) is 5.02. The molecule has 66 valence electrons. The van der Waals surface area contributed by atoms with Crippen molar-refractivity contribution >= 4 is 0 Å². The molecule has 0 N–H and O–H groups in total. The standard InChI is InChI=1S/C7H10F4/c8-6(9)4-5-2-1-3-7(5,10)11/h5-6H,1-4H2. The first-order valence-corrected chi connectivity index (χ1v) is 3.68. The summed E-state index contributed by atoms with van der Waals surface area (Å²) in [5.74, 6) is -3.92. The normalized spacial score (nSPS) is 29.7. The molecule has 0 bridgehead atoms. The van der Waals surface area contributed by atoms with Gasteiger partial charge in [0, 0.05) is 18.8 Å². The maximum absolute atomic E-state index is 12.6. The second kappa shape index (κ2) is 2.99. The van der Waals surface area contributed by atoms with Gasteiger partial charge in [-0.05, 0) is 12.8 Å². The summed E-state index contributed by atoms with van der Waals surface area (Å²) < 4.78 is 48.7. The zero-order chi connectivity index (χ0) is 8.48. The fourth-order valence-corrected chi connectivity index (χ4v) is 1.50. The van der Waals surface area contributed by atoms with Gasteiger partial charge in [0.05, 0.1) is 0 Å². The highest BCUT2D eigenvalue weighted by Gasteiger charge is 2.44. The quantitative estimate of drug-likeness (QED) is 0.558. The second-order valence-electron chi connectivity index (χ2n) is 2.98. The van der Waals surface area contributed by atoms with Crippen molar-refractivity contribution in [2.24, 2.45) is 5.92 Å². The van der Waals surface area contributed by atoms with Crippen molar-refractivity contribution in [3.05, 3.63) is 0 Å². The largest absolute Gasteiger partial charge is 0.251 e. The molecule has 0 nitrogen and oxygen atoms in total. The molecule has 1 aliphatic carbocycles. The maximum atomic E-state index is 12.6. The average Bonchev–Trinajstić information content (AvgIpc) is 2.10. The maximum Gasteiger partial charge on any atom is 0.251 e. The molecule has 4 heteroatoms. The Bertz CT molecular complexity index is 132. The van der Waals surface area contributed by atoms with Crippen LogP contribution in [0.15, 0.2) is 0 Å². The minimum Gasteiger partial charge on any atom is -0.211 e. The van der Waals surface area contributed by atoms with E-state index in [4.69, 9.17) is 0 Å². The van der Waals surface area contributed by atoms with Crippen LogP contribution in [0, 0.1) is 5.92 Å². The molecule has 0 saturated heterocycles. The van der Waals surface area contributed by atoms with Crippen LogP contribution in [0.2, 0.25) is 0 Å². The second-order valence-corrected chi connectivity index (χ2v) is 2.98. The van der Waals surface area contributed by atoms with Gasteiger partial charge in [0.2, 0.25) is 6.43 Å². The monoisotopic (exact) mass is 170 g/mol.